The number of amides is 1. The summed E-state index contributed by atoms with van der Waals surface area (Å²) in [7, 11) is 0. The number of benzene rings is 3. The van der Waals surface area contributed by atoms with Crippen molar-refractivity contribution in [2.75, 3.05) is 26.2 Å². The number of fused-ring (bicyclic) bond motifs is 1. The molecule has 148 valence electrons. The number of hydrogen-bond donors (Lipinski definition) is 0. The quantitative estimate of drug-likeness (QED) is 0.505. The van der Waals surface area contributed by atoms with Gasteiger partial charge in [0.15, 0.2) is 0 Å². The Balaban J connectivity index is 1.36. The van der Waals surface area contributed by atoms with E-state index in [0.717, 1.165) is 19.6 Å². The van der Waals surface area contributed by atoms with Gasteiger partial charge in [-0.25, -0.2) is 0 Å². The van der Waals surface area contributed by atoms with Gasteiger partial charge in [-0.3, -0.25) is 14.5 Å². The second kappa shape index (κ2) is 8.45. The molecule has 5 heteroatoms. The average Bonchev–Trinajstić information content (AvgIpc) is 2.74. The zero-order chi connectivity index (χ0) is 20.2. The maximum atomic E-state index is 12.8. The van der Waals surface area contributed by atoms with Crippen LogP contribution in [0.5, 0.6) is 5.75 Å². The first-order valence-corrected chi connectivity index (χ1v) is 9.87. The molecule has 0 radical (unpaired) electrons. The van der Waals surface area contributed by atoms with Crippen molar-refractivity contribution in [2.45, 2.75) is 13.5 Å². The second-order valence-corrected chi connectivity index (χ2v) is 7.32. The third-order valence-corrected chi connectivity index (χ3v) is 5.30. The van der Waals surface area contributed by atoms with Crippen molar-refractivity contribution >= 4 is 22.6 Å². The van der Waals surface area contributed by atoms with Crippen LogP contribution >= 0.6 is 0 Å². The van der Waals surface area contributed by atoms with Gasteiger partial charge in [0.05, 0.1) is 0 Å². The van der Waals surface area contributed by atoms with Gasteiger partial charge in [-0.2, -0.15) is 0 Å². The second-order valence-electron chi connectivity index (χ2n) is 7.32. The summed E-state index contributed by atoms with van der Waals surface area (Å²) in [5.74, 6) is 0.101. The van der Waals surface area contributed by atoms with Crippen molar-refractivity contribution in [3.63, 3.8) is 0 Å². The van der Waals surface area contributed by atoms with Crippen LogP contribution in [0.2, 0.25) is 0 Å². The number of nitrogens with zero attached hydrogens (tertiary/aromatic N) is 2. The van der Waals surface area contributed by atoms with E-state index in [-0.39, 0.29) is 11.9 Å². The van der Waals surface area contributed by atoms with Gasteiger partial charge in [-0.15, -0.1) is 0 Å². The first kappa shape index (κ1) is 19.2. The van der Waals surface area contributed by atoms with Crippen molar-refractivity contribution < 1.29 is 14.3 Å². The van der Waals surface area contributed by atoms with Gasteiger partial charge < -0.3 is 9.64 Å². The van der Waals surface area contributed by atoms with E-state index >= 15 is 0 Å². The van der Waals surface area contributed by atoms with E-state index in [1.54, 1.807) is 24.3 Å². The Morgan fingerprint density at radius 3 is 2.28 bits per heavy atom. The predicted octanol–water partition coefficient (Wildman–Crippen LogP) is 3.72. The lowest BCUT2D eigenvalue weighted by Crippen LogP contribution is -2.48. The van der Waals surface area contributed by atoms with E-state index in [1.807, 2.05) is 4.90 Å². The smallest absolute Gasteiger partial charge is 0.308 e. The highest BCUT2D eigenvalue weighted by molar-refractivity contribution is 5.94. The first-order valence-electron chi connectivity index (χ1n) is 9.87. The maximum Gasteiger partial charge on any atom is 0.308 e. The van der Waals surface area contributed by atoms with E-state index < -0.39 is 0 Å². The number of hydrogen-bond acceptors (Lipinski definition) is 4. The van der Waals surface area contributed by atoms with E-state index in [9.17, 15) is 9.59 Å². The number of carbonyl (C=O) groups excluding carboxylic acids is 2. The van der Waals surface area contributed by atoms with Crippen LogP contribution in [0.3, 0.4) is 0 Å². The lowest BCUT2D eigenvalue weighted by molar-refractivity contribution is -0.131. The summed E-state index contributed by atoms with van der Waals surface area (Å²) in [6, 6.07) is 21.6. The van der Waals surface area contributed by atoms with Gasteiger partial charge in [0.2, 0.25) is 0 Å². The highest BCUT2D eigenvalue weighted by Gasteiger charge is 2.22. The third-order valence-electron chi connectivity index (χ3n) is 5.30. The van der Waals surface area contributed by atoms with Crippen LogP contribution in [-0.4, -0.2) is 47.9 Å². The Hall–Kier alpha value is -3.18. The molecule has 1 heterocycles. The molecule has 5 nitrogen and oxygen atoms in total. The summed E-state index contributed by atoms with van der Waals surface area (Å²) in [4.78, 5) is 28.1. The molecule has 0 spiro atoms. The summed E-state index contributed by atoms with van der Waals surface area (Å²) in [5, 5.41) is 2.55. The summed E-state index contributed by atoms with van der Waals surface area (Å²) >= 11 is 0. The molecular weight excluding hydrogens is 364 g/mol. The van der Waals surface area contributed by atoms with Crippen LogP contribution in [0, 0.1) is 0 Å². The fourth-order valence-electron chi connectivity index (χ4n) is 3.79. The Bertz CT molecular complexity index is 1020. The maximum absolute atomic E-state index is 12.8. The number of ether oxygens (including phenoxy) is 1. The van der Waals surface area contributed by atoms with Crippen molar-refractivity contribution in [1.29, 1.82) is 0 Å². The van der Waals surface area contributed by atoms with Crippen LogP contribution in [0.1, 0.15) is 22.8 Å². The Morgan fingerprint density at radius 2 is 1.55 bits per heavy atom. The molecule has 29 heavy (non-hydrogen) atoms. The molecule has 1 amide bonds. The molecule has 3 aromatic rings. The zero-order valence-corrected chi connectivity index (χ0v) is 16.5. The summed E-state index contributed by atoms with van der Waals surface area (Å²) in [6.07, 6.45) is 0. The topological polar surface area (TPSA) is 49.9 Å². The van der Waals surface area contributed by atoms with Gasteiger partial charge in [0.1, 0.15) is 5.75 Å². The van der Waals surface area contributed by atoms with Crippen LogP contribution in [0.4, 0.5) is 0 Å². The molecule has 0 aliphatic carbocycles. The zero-order valence-electron chi connectivity index (χ0n) is 16.5. The molecule has 1 saturated heterocycles. The first-order chi connectivity index (χ1) is 14.1. The number of esters is 1. The fourth-order valence-corrected chi connectivity index (χ4v) is 3.79. The van der Waals surface area contributed by atoms with Crippen molar-refractivity contribution in [2.24, 2.45) is 0 Å². The molecule has 4 rings (SSSR count). The largest absolute Gasteiger partial charge is 0.427 e. The summed E-state index contributed by atoms with van der Waals surface area (Å²) < 4.78 is 5.03. The van der Waals surface area contributed by atoms with E-state index in [1.165, 1.54) is 23.3 Å². The normalized spacial score (nSPS) is 14.7. The van der Waals surface area contributed by atoms with Gasteiger partial charge >= 0.3 is 5.97 Å². The highest BCUT2D eigenvalue weighted by Crippen LogP contribution is 2.21. The Morgan fingerprint density at radius 1 is 0.862 bits per heavy atom. The Kier molecular flexibility index (Phi) is 5.58. The third kappa shape index (κ3) is 4.46. The lowest BCUT2D eigenvalue weighted by Gasteiger charge is -2.35. The van der Waals surface area contributed by atoms with Crippen molar-refractivity contribution in [3.05, 3.63) is 77.9 Å². The van der Waals surface area contributed by atoms with Gasteiger partial charge in [0.25, 0.3) is 5.91 Å². The van der Waals surface area contributed by atoms with E-state index in [2.05, 4.69) is 47.4 Å². The molecule has 0 atom stereocenters. The van der Waals surface area contributed by atoms with Gasteiger partial charge in [-0.1, -0.05) is 42.5 Å². The van der Waals surface area contributed by atoms with E-state index in [4.69, 9.17) is 4.74 Å². The molecule has 1 aliphatic heterocycles. The molecule has 1 aliphatic rings. The van der Waals surface area contributed by atoms with Crippen LogP contribution in [0.15, 0.2) is 66.7 Å². The minimum absolute atomic E-state index is 0.0178. The molecule has 3 aromatic carbocycles. The van der Waals surface area contributed by atoms with Crippen LogP contribution in [0.25, 0.3) is 10.8 Å². The lowest BCUT2D eigenvalue weighted by atomic mass is 10.0. The van der Waals surface area contributed by atoms with Crippen LogP contribution in [-0.2, 0) is 11.3 Å². The fraction of sp³-hybridized carbons (Fsp3) is 0.250. The molecule has 0 bridgehead atoms. The molecule has 0 unspecified atom stereocenters. The average molecular weight is 388 g/mol. The van der Waals surface area contributed by atoms with E-state index in [0.29, 0.717) is 24.4 Å². The number of rotatable bonds is 4. The SMILES string of the molecule is CC(=O)Oc1ccc(C(=O)N2CCN(Cc3cccc4ccccc34)CC2)cc1. The number of carbonyl (C=O) groups is 2. The standard InChI is InChI=1S/C24H24N2O3/c1-18(27)29-22-11-9-20(10-12-22)24(28)26-15-13-25(14-16-26)17-21-7-4-6-19-5-2-3-8-23(19)21/h2-12H,13-17H2,1H3. The monoisotopic (exact) mass is 388 g/mol. The van der Waals surface area contributed by atoms with Crippen molar-refractivity contribution in [1.82, 2.24) is 9.80 Å². The predicted molar refractivity (Wildman–Crippen MR) is 113 cm³/mol. The molecule has 0 aromatic heterocycles. The minimum atomic E-state index is -0.369. The Labute approximate surface area is 170 Å². The molecular formula is C24H24N2O3. The highest BCUT2D eigenvalue weighted by atomic mass is 16.5. The molecule has 0 N–H and O–H groups in total. The summed E-state index contributed by atoms with van der Waals surface area (Å²) in [5.41, 5.74) is 1.94. The van der Waals surface area contributed by atoms with Gasteiger partial charge in [0, 0.05) is 45.2 Å². The van der Waals surface area contributed by atoms with Gasteiger partial charge in [-0.05, 0) is 40.6 Å². The van der Waals surface area contributed by atoms with Crippen molar-refractivity contribution in [3.8, 4) is 5.75 Å². The molecule has 0 saturated carbocycles. The van der Waals surface area contributed by atoms with Crippen LogP contribution < -0.4 is 4.74 Å². The molecule has 1 fully saturated rings. The minimum Gasteiger partial charge on any atom is -0.427 e. The summed E-state index contributed by atoms with van der Waals surface area (Å²) in [6.45, 7) is 5.35. The number of piperazine rings is 1.